The van der Waals surface area contributed by atoms with Crippen molar-refractivity contribution in [3.63, 3.8) is 0 Å². The summed E-state index contributed by atoms with van der Waals surface area (Å²) in [6.45, 7) is 0. The fourth-order valence-corrected chi connectivity index (χ4v) is 4.07. The number of hydrogen-bond donors (Lipinski definition) is 2. The Labute approximate surface area is 196 Å². The Morgan fingerprint density at radius 2 is 2.06 bits per heavy atom. The SMILES string of the molecule is O=C(Nc1cc(-c2ccco2)nn1-c1nc2c(c(=O)[nH]1)CCCC2)c1cc(Cl)ccc1[N+](=O)[O-]. The summed E-state index contributed by atoms with van der Waals surface area (Å²) in [6.07, 6.45) is 4.62. The Kier molecular flexibility index (Phi) is 5.46. The normalized spacial score (nSPS) is 12.9. The first-order valence-corrected chi connectivity index (χ1v) is 10.8. The molecule has 34 heavy (non-hydrogen) atoms. The molecule has 0 bridgehead atoms. The first-order chi connectivity index (χ1) is 16.4. The highest BCUT2D eigenvalue weighted by molar-refractivity contribution is 6.31. The molecule has 2 N–H and O–H groups in total. The molecule has 12 heteroatoms. The standard InChI is InChI=1S/C22H17ClN6O5/c23-12-7-8-17(29(32)33)14(10-12)21(31)25-19-11-16(18-6-3-9-34-18)27-28(19)22-24-15-5-2-1-4-13(15)20(30)26-22/h3,6-11H,1-2,4-5H2,(H,25,31)(H,24,26,30). The van der Waals surface area contributed by atoms with Crippen LogP contribution in [0.25, 0.3) is 17.4 Å². The van der Waals surface area contributed by atoms with Gasteiger partial charge >= 0.3 is 0 Å². The minimum absolute atomic E-state index is 0.111. The summed E-state index contributed by atoms with van der Waals surface area (Å²) in [5, 5.41) is 18.7. The van der Waals surface area contributed by atoms with Gasteiger partial charge in [-0.3, -0.25) is 24.7 Å². The molecule has 0 saturated carbocycles. The fourth-order valence-electron chi connectivity index (χ4n) is 3.90. The molecule has 0 saturated heterocycles. The number of fused-ring (bicyclic) bond motifs is 1. The Bertz CT molecular complexity index is 1470. The zero-order valence-electron chi connectivity index (χ0n) is 17.6. The average Bonchev–Trinajstić information content (AvgIpc) is 3.49. The monoisotopic (exact) mass is 480 g/mol. The van der Waals surface area contributed by atoms with E-state index in [1.54, 1.807) is 12.1 Å². The van der Waals surface area contributed by atoms with Crippen LogP contribution in [0.15, 0.2) is 51.9 Å². The van der Waals surface area contributed by atoms with Crippen LogP contribution in [0, 0.1) is 10.1 Å². The predicted molar refractivity (Wildman–Crippen MR) is 122 cm³/mol. The number of H-pyrrole nitrogens is 1. The van der Waals surface area contributed by atoms with E-state index in [2.05, 4.69) is 20.4 Å². The molecule has 1 amide bonds. The topological polar surface area (TPSA) is 149 Å². The molecule has 1 aliphatic carbocycles. The van der Waals surface area contributed by atoms with Gasteiger partial charge in [0.15, 0.2) is 5.76 Å². The molecule has 1 aromatic carbocycles. The summed E-state index contributed by atoms with van der Waals surface area (Å²) < 4.78 is 6.67. The number of aryl methyl sites for hydroxylation is 1. The summed E-state index contributed by atoms with van der Waals surface area (Å²) in [4.78, 5) is 43.8. The van der Waals surface area contributed by atoms with Crippen molar-refractivity contribution in [3.05, 3.63) is 85.0 Å². The van der Waals surface area contributed by atoms with E-state index in [0.29, 0.717) is 35.6 Å². The number of rotatable bonds is 5. The molecule has 0 spiro atoms. The van der Waals surface area contributed by atoms with E-state index in [4.69, 9.17) is 16.0 Å². The van der Waals surface area contributed by atoms with E-state index < -0.39 is 16.5 Å². The van der Waals surface area contributed by atoms with Crippen molar-refractivity contribution in [2.24, 2.45) is 0 Å². The highest BCUT2D eigenvalue weighted by Gasteiger charge is 2.24. The van der Waals surface area contributed by atoms with E-state index in [0.717, 1.165) is 18.9 Å². The number of halogens is 1. The van der Waals surface area contributed by atoms with Crippen molar-refractivity contribution in [3.8, 4) is 17.4 Å². The zero-order chi connectivity index (χ0) is 23.8. The largest absolute Gasteiger partial charge is 0.463 e. The molecule has 0 aliphatic heterocycles. The van der Waals surface area contributed by atoms with Gasteiger partial charge in [0.05, 0.1) is 16.9 Å². The van der Waals surface area contributed by atoms with Gasteiger partial charge in [0.1, 0.15) is 17.1 Å². The number of aromatic amines is 1. The number of benzene rings is 1. The second-order valence-electron chi connectivity index (χ2n) is 7.70. The van der Waals surface area contributed by atoms with Gasteiger partial charge in [-0.25, -0.2) is 4.98 Å². The smallest absolute Gasteiger partial charge is 0.282 e. The molecule has 1 aliphatic rings. The molecule has 172 valence electrons. The summed E-state index contributed by atoms with van der Waals surface area (Å²) >= 11 is 5.97. The summed E-state index contributed by atoms with van der Waals surface area (Å²) in [5.41, 5.74) is 0.798. The highest BCUT2D eigenvalue weighted by Crippen LogP contribution is 2.27. The minimum atomic E-state index is -0.776. The zero-order valence-corrected chi connectivity index (χ0v) is 18.3. The van der Waals surface area contributed by atoms with Crippen molar-refractivity contribution in [1.29, 1.82) is 0 Å². The Morgan fingerprint density at radius 1 is 1.24 bits per heavy atom. The highest BCUT2D eigenvalue weighted by atomic mass is 35.5. The number of amides is 1. The van der Waals surface area contributed by atoms with Crippen LogP contribution in [0.2, 0.25) is 5.02 Å². The lowest BCUT2D eigenvalue weighted by Gasteiger charge is -2.15. The summed E-state index contributed by atoms with van der Waals surface area (Å²) in [6, 6.07) is 8.58. The molecule has 0 atom stereocenters. The molecule has 11 nitrogen and oxygen atoms in total. The van der Waals surface area contributed by atoms with Crippen molar-refractivity contribution in [2.75, 3.05) is 5.32 Å². The van der Waals surface area contributed by atoms with Crippen LogP contribution in [0.3, 0.4) is 0 Å². The van der Waals surface area contributed by atoms with E-state index in [9.17, 15) is 19.7 Å². The van der Waals surface area contributed by atoms with Gasteiger partial charge in [0.2, 0.25) is 5.95 Å². The third-order valence-corrected chi connectivity index (χ3v) is 5.74. The lowest BCUT2D eigenvalue weighted by atomic mass is 9.97. The number of nitro groups is 1. The molecule has 3 heterocycles. The quantitative estimate of drug-likeness (QED) is 0.325. The Morgan fingerprint density at radius 3 is 2.82 bits per heavy atom. The molecule has 0 radical (unpaired) electrons. The molecule has 0 unspecified atom stereocenters. The van der Waals surface area contributed by atoms with E-state index in [1.807, 2.05) is 0 Å². The number of aromatic nitrogens is 4. The Hall–Kier alpha value is -4.25. The summed E-state index contributed by atoms with van der Waals surface area (Å²) in [5.74, 6) is -0.117. The van der Waals surface area contributed by atoms with Gasteiger partial charge in [0, 0.05) is 22.7 Å². The minimum Gasteiger partial charge on any atom is -0.463 e. The van der Waals surface area contributed by atoms with Gasteiger partial charge in [-0.05, 0) is 49.9 Å². The van der Waals surface area contributed by atoms with Crippen LogP contribution >= 0.6 is 11.6 Å². The number of anilines is 1. The van der Waals surface area contributed by atoms with Crippen LogP contribution < -0.4 is 10.9 Å². The lowest BCUT2D eigenvalue weighted by molar-refractivity contribution is -0.385. The molecular formula is C22H17ClN6O5. The number of nitrogens with zero attached hydrogens (tertiary/aromatic N) is 4. The average molecular weight is 481 g/mol. The predicted octanol–water partition coefficient (Wildman–Crippen LogP) is 3.91. The second kappa shape index (κ2) is 8.60. The van der Waals surface area contributed by atoms with Crippen molar-refractivity contribution in [1.82, 2.24) is 19.7 Å². The van der Waals surface area contributed by atoms with Gasteiger partial charge in [-0.15, -0.1) is 0 Å². The molecule has 0 fully saturated rings. The first-order valence-electron chi connectivity index (χ1n) is 10.4. The van der Waals surface area contributed by atoms with Gasteiger partial charge in [-0.1, -0.05) is 11.6 Å². The number of furan rings is 1. The van der Waals surface area contributed by atoms with Crippen LogP contribution in [0.5, 0.6) is 0 Å². The van der Waals surface area contributed by atoms with Crippen LogP contribution in [-0.4, -0.2) is 30.6 Å². The maximum atomic E-state index is 13.0. The van der Waals surface area contributed by atoms with Gasteiger partial charge < -0.3 is 9.73 Å². The maximum absolute atomic E-state index is 13.0. The third kappa shape index (κ3) is 3.97. The summed E-state index contributed by atoms with van der Waals surface area (Å²) in [7, 11) is 0. The Balaban J connectivity index is 1.60. The lowest BCUT2D eigenvalue weighted by Crippen LogP contribution is -2.25. The van der Waals surface area contributed by atoms with Crippen molar-refractivity contribution < 1.29 is 14.1 Å². The number of carbonyl (C=O) groups is 1. The van der Waals surface area contributed by atoms with Crippen molar-refractivity contribution in [2.45, 2.75) is 25.7 Å². The third-order valence-electron chi connectivity index (χ3n) is 5.50. The number of hydrogen-bond acceptors (Lipinski definition) is 7. The van der Waals surface area contributed by atoms with Crippen LogP contribution in [0.1, 0.15) is 34.5 Å². The first kappa shape index (κ1) is 21.6. The number of nitrogens with one attached hydrogen (secondary N) is 2. The van der Waals surface area contributed by atoms with E-state index >= 15 is 0 Å². The van der Waals surface area contributed by atoms with E-state index in [1.165, 1.54) is 29.1 Å². The molecular weight excluding hydrogens is 464 g/mol. The van der Waals surface area contributed by atoms with Gasteiger partial charge in [0.25, 0.3) is 17.2 Å². The second-order valence-corrected chi connectivity index (χ2v) is 8.13. The fraction of sp³-hybridized carbons (Fsp3) is 0.182. The van der Waals surface area contributed by atoms with Gasteiger partial charge in [-0.2, -0.15) is 9.78 Å². The molecule has 3 aromatic heterocycles. The van der Waals surface area contributed by atoms with Crippen LogP contribution in [-0.2, 0) is 12.8 Å². The number of nitro benzene ring substituents is 1. The molecule has 4 aromatic rings. The maximum Gasteiger partial charge on any atom is 0.282 e. The van der Waals surface area contributed by atoms with Crippen LogP contribution in [0.4, 0.5) is 11.5 Å². The van der Waals surface area contributed by atoms with E-state index in [-0.39, 0.29) is 27.9 Å². The molecule has 5 rings (SSSR count). The number of carbonyl (C=O) groups excluding carboxylic acids is 1. The van der Waals surface area contributed by atoms with Crippen molar-refractivity contribution >= 4 is 29.0 Å².